The quantitative estimate of drug-likeness (QED) is 0.586. The Morgan fingerprint density at radius 1 is 1.03 bits per heavy atom. The summed E-state index contributed by atoms with van der Waals surface area (Å²) in [6.07, 6.45) is 8.84. The minimum atomic E-state index is -0.223. The summed E-state index contributed by atoms with van der Waals surface area (Å²) in [4.78, 5) is 28.0. The van der Waals surface area contributed by atoms with Gasteiger partial charge in [-0.3, -0.25) is 9.59 Å². The van der Waals surface area contributed by atoms with E-state index in [4.69, 9.17) is 12.2 Å². The maximum Gasteiger partial charge on any atom is 0.253 e. The lowest BCUT2D eigenvalue weighted by Crippen LogP contribution is -2.55. The lowest BCUT2D eigenvalue weighted by Gasteiger charge is -2.55. The SMILES string of the molecule is CCCN(CCC)C(=O)c1cccc(NC(=S)NC(=O)C23CC4CC(CC(C4)C2)C3)c1. The first kappa shape index (κ1) is 22.3. The zero-order valence-electron chi connectivity index (χ0n) is 18.8. The molecule has 4 bridgehead atoms. The molecule has 5 nitrogen and oxygen atoms in total. The molecule has 0 radical (unpaired) electrons. The summed E-state index contributed by atoms with van der Waals surface area (Å²) >= 11 is 5.47. The number of carbonyl (C=O) groups excluding carboxylic acids is 2. The molecule has 4 aliphatic rings. The molecule has 31 heavy (non-hydrogen) atoms. The highest BCUT2D eigenvalue weighted by atomic mass is 32.1. The minimum absolute atomic E-state index is 0.0378. The van der Waals surface area contributed by atoms with E-state index in [1.54, 1.807) is 0 Å². The van der Waals surface area contributed by atoms with Crippen LogP contribution in [0.1, 0.15) is 75.6 Å². The molecule has 168 valence electrons. The molecule has 1 aromatic rings. The summed E-state index contributed by atoms with van der Waals surface area (Å²) in [5, 5.41) is 6.44. The average molecular weight is 442 g/mol. The zero-order valence-corrected chi connectivity index (χ0v) is 19.6. The van der Waals surface area contributed by atoms with Gasteiger partial charge in [-0.15, -0.1) is 0 Å². The van der Waals surface area contributed by atoms with Crippen LogP contribution in [0.2, 0.25) is 0 Å². The smallest absolute Gasteiger partial charge is 0.253 e. The number of carbonyl (C=O) groups is 2. The molecule has 0 atom stereocenters. The van der Waals surface area contributed by atoms with Crippen molar-refractivity contribution >= 4 is 34.8 Å². The topological polar surface area (TPSA) is 61.4 Å². The molecule has 0 spiro atoms. The number of hydrogen-bond acceptors (Lipinski definition) is 3. The Balaban J connectivity index is 1.38. The molecular formula is C25H35N3O2S. The highest BCUT2D eigenvalue weighted by molar-refractivity contribution is 7.80. The van der Waals surface area contributed by atoms with Crippen LogP contribution < -0.4 is 10.6 Å². The van der Waals surface area contributed by atoms with Gasteiger partial charge in [-0.1, -0.05) is 19.9 Å². The summed E-state index contributed by atoms with van der Waals surface area (Å²) < 4.78 is 0. The predicted octanol–water partition coefficient (Wildman–Crippen LogP) is 4.98. The highest BCUT2D eigenvalue weighted by Gasteiger charge is 2.54. The number of thiocarbonyl (C=S) groups is 1. The second-order valence-corrected chi connectivity index (χ2v) is 10.4. The highest BCUT2D eigenvalue weighted by Crippen LogP contribution is 2.60. The van der Waals surface area contributed by atoms with E-state index >= 15 is 0 Å². The Morgan fingerprint density at radius 3 is 2.16 bits per heavy atom. The van der Waals surface area contributed by atoms with Gasteiger partial charge < -0.3 is 15.5 Å². The second kappa shape index (κ2) is 9.27. The van der Waals surface area contributed by atoms with Gasteiger partial charge in [0.2, 0.25) is 5.91 Å². The Kier molecular flexibility index (Phi) is 6.65. The van der Waals surface area contributed by atoms with E-state index in [2.05, 4.69) is 24.5 Å². The van der Waals surface area contributed by atoms with Crippen molar-refractivity contribution in [2.45, 2.75) is 65.2 Å². The average Bonchev–Trinajstić information content (AvgIpc) is 2.72. The molecular weight excluding hydrogens is 406 g/mol. The number of amides is 2. The first-order chi connectivity index (χ1) is 14.9. The molecule has 0 aliphatic heterocycles. The van der Waals surface area contributed by atoms with Crippen molar-refractivity contribution in [2.75, 3.05) is 18.4 Å². The first-order valence-corrected chi connectivity index (χ1v) is 12.3. The summed E-state index contributed by atoms with van der Waals surface area (Å²) in [6.45, 7) is 5.67. The lowest BCUT2D eigenvalue weighted by atomic mass is 9.49. The summed E-state index contributed by atoms with van der Waals surface area (Å²) in [5.74, 6) is 2.28. The van der Waals surface area contributed by atoms with Crippen LogP contribution in [-0.4, -0.2) is 34.9 Å². The van der Waals surface area contributed by atoms with E-state index in [9.17, 15) is 9.59 Å². The van der Waals surface area contributed by atoms with Crippen LogP contribution in [0.3, 0.4) is 0 Å². The number of nitrogens with zero attached hydrogens (tertiary/aromatic N) is 1. The van der Waals surface area contributed by atoms with Gasteiger partial charge >= 0.3 is 0 Å². The number of hydrogen-bond donors (Lipinski definition) is 2. The molecule has 6 heteroatoms. The van der Waals surface area contributed by atoms with Crippen LogP contribution >= 0.6 is 12.2 Å². The van der Waals surface area contributed by atoms with Crippen molar-refractivity contribution in [2.24, 2.45) is 23.2 Å². The van der Waals surface area contributed by atoms with Gasteiger partial charge in [0.1, 0.15) is 0 Å². The summed E-state index contributed by atoms with van der Waals surface area (Å²) in [6, 6.07) is 7.39. The van der Waals surface area contributed by atoms with Crippen molar-refractivity contribution in [3.8, 4) is 0 Å². The van der Waals surface area contributed by atoms with Gasteiger partial charge in [0, 0.05) is 24.3 Å². The van der Waals surface area contributed by atoms with E-state index in [0.717, 1.165) is 68.6 Å². The van der Waals surface area contributed by atoms with E-state index < -0.39 is 0 Å². The first-order valence-electron chi connectivity index (χ1n) is 11.9. The van der Waals surface area contributed by atoms with Gasteiger partial charge in [-0.2, -0.15) is 0 Å². The molecule has 0 aromatic heterocycles. The van der Waals surface area contributed by atoms with E-state index in [0.29, 0.717) is 10.7 Å². The molecule has 4 fully saturated rings. The Bertz CT molecular complexity index is 812. The number of nitrogens with one attached hydrogen (secondary N) is 2. The molecule has 0 unspecified atom stereocenters. The molecule has 2 amide bonds. The number of benzene rings is 1. The fourth-order valence-electron chi connectivity index (χ4n) is 6.55. The van der Waals surface area contributed by atoms with Crippen molar-refractivity contribution in [1.82, 2.24) is 10.2 Å². The Hall–Kier alpha value is -1.95. The number of anilines is 1. The van der Waals surface area contributed by atoms with Crippen molar-refractivity contribution in [3.63, 3.8) is 0 Å². The van der Waals surface area contributed by atoms with E-state index in [1.165, 1.54) is 19.3 Å². The Labute approximate surface area is 191 Å². The molecule has 2 N–H and O–H groups in total. The van der Waals surface area contributed by atoms with Gasteiger partial charge in [-0.05, 0) is 99.5 Å². The molecule has 1 aromatic carbocycles. The van der Waals surface area contributed by atoms with Crippen LogP contribution in [0.15, 0.2) is 24.3 Å². The normalized spacial score (nSPS) is 28.3. The largest absolute Gasteiger partial charge is 0.339 e. The maximum absolute atomic E-state index is 13.2. The van der Waals surface area contributed by atoms with Crippen LogP contribution in [0.25, 0.3) is 0 Å². The van der Waals surface area contributed by atoms with Crippen molar-refractivity contribution in [1.29, 1.82) is 0 Å². The van der Waals surface area contributed by atoms with Crippen LogP contribution in [0, 0.1) is 23.2 Å². The second-order valence-electron chi connectivity index (χ2n) is 9.98. The van der Waals surface area contributed by atoms with E-state index in [1.807, 2.05) is 29.2 Å². The van der Waals surface area contributed by atoms with Crippen LogP contribution in [0.5, 0.6) is 0 Å². The minimum Gasteiger partial charge on any atom is -0.339 e. The zero-order chi connectivity index (χ0) is 22.0. The molecule has 0 saturated heterocycles. The van der Waals surface area contributed by atoms with Crippen molar-refractivity contribution < 1.29 is 9.59 Å². The fraction of sp³-hybridized carbons (Fsp3) is 0.640. The number of rotatable bonds is 7. The Morgan fingerprint density at radius 2 is 1.61 bits per heavy atom. The van der Waals surface area contributed by atoms with Gasteiger partial charge in [0.05, 0.1) is 5.41 Å². The molecule has 4 aliphatic carbocycles. The van der Waals surface area contributed by atoms with Gasteiger partial charge in [0.25, 0.3) is 5.91 Å². The van der Waals surface area contributed by atoms with Crippen LogP contribution in [0.4, 0.5) is 5.69 Å². The van der Waals surface area contributed by atoms with E-state index in [-0.39, 0.29) is 17.2 Å². The predicted molar refractivity (Wildman–Crippen MR) is 128 cm³/mol. The fourth-order valence-corrected chi connectivity index (χ4v) is 6.76. The third kappa shape index (κ3) is 4.79. The third-order valence-corrected chi connectivity index (χ3v) is 7.59. The molecule has 4 saturated carbocycles. The lowest BCUT2D eigenvalue weighted by molar-refractivity contribution is -0.144. The van der Waals surface area contributed by atoms with Gasteiger partial charge in [-0.25, -0.2) is 0 Å². The van der Waals surface area contributed by atoms with Gasteiger partial charge in [0.15, 0.2) is 5.11 Å². The molecule has 0 heterocycles. The summed E-state index contributed by atoms with van der Waals surface area (Å²) in [7, 11) is 0. The third-order valence-electron chi connectivity index (χ3n) is 7.39. The molecule has 5 rings (SSSR count). The maximum atomic E-state index is 13.2. The standard InChI is InChI=1S/C25H35N3O2S/c1-3-8-28(9-4-2)22(29)20-6-5-7-21(13-20)26-24(31)27-23(30)25-14-17-10-18(15-25)12-19(11-17)16-25/h5-7,13,17-19H,3-4,8-12,14-16H2,1-2H3,(H2,26,27,30,31). The van der Waals surface area contributed by atoms with Crippen molar-refractivity contribution in [3.05, 3.63) is 29.8 Å². The summed E-state index contributed by atoms with van der Waals surface area (Å²) in [5.41, 5.74) is 1.15. The monoisotopic (exact) mass is 441 g/mol. The van der Waals surface area contributed by atoms with Crippen LogP contribution in [-0.2, 0) is 4.79 Å².